The average Bonchev–Trinajstić information content (AvgIpc) is 2.55. The van der Waals surface area contributed by atoms with Gasteiger partial charge in [-0.3, -0.25) is 0 Å². The van der Waals surface area contributed by atoms with Crippen molar-refractivity contribution in [3.8, 4) is 0 Å². The van der Waals surface area contributed by atoms with Gasteiger partial charge in [0, 0.05) is 19.2 Å². The lowest BCUT2D eigenvalue weighted by molar-refractivity contribution is -0.109. The standard InChI is InChI=1S/C14H19ClN4O2/c15-12-8-18(5-6-21-12)13-7-14(17-10-16-13)19-4-2-1-3-11(19)9-20/h7,9-12H,1-6,8H2. The molecular weight excluding hydrogens is 292 g/mol. The van der Waals surface area contributed by atoms with Gasteiger partial charge < -0.3 is 19.3 Å². The third kappa shape index (κ3) is 3.27. The zero-order chi connectivity index (χ0) is 14.7. The summed E-state index contributed by atoms with van der Waals surface area (Å²) >= 11 is 6.03. The zero-order valence-corrected chi connectivity index (χ0v) is 12.6. The van der Waals surface area contributed by atoms with E-state index >= 15 is 0 Å². The fraction of sp³-hybridized carbons (Fsp3) is 0.643. The Morgan fingerprint density at radius 2 is 2.14 bits per heavy atom. The van der Waals surface area contributed by atoms with Crippen LogP contribution in [0.3, 0.4) is 0 Å². The first kappa shape index (κ1) is 14.5. The molecule has 0 bridgehead atoms. The Bertz CT molecular complexity index is 502. The number of hydrogen-bond acceptors (Lipinski definition) is 6. The van der Waals surface area contributed by atoms with Crippen LogP contribution in [-0.2, 0) is 9.53 Å². The maximum Gasteiger partial charge on any atom is 0.148 e. The zero-order valence-electron chi connectivity index (χ0n) is 11.8. The first-order valence-electron chi connectivity index (χ1n) is 7.32. The number of rotatable bonds is 3. The molecule has 0 spiro atoms. The van der Waals surface area contributed by atoms with Crippen LogP contribution in [0.5, 0.6) is 0 Å². The maximum atomic E-state index is 11.2. The Morgan fingerprint density at radius 3 is 2.95 bits per heavy atom. The second kappa shape index (κ2) is 6.58. The second-order valence-electron chi connectivity index (χ2n) is 5.35. The lowest BCUT2D eigenvalue weighted by atomic mass is 10.0. The molecule has 3 rings (SSSR count). The minimum absolute atomic E-state index is 0.0769. The first-order valence-corrected chi connectivity index (χ1v) is 7.76. The molecule has 2 aliphatic rings. The number of hydrogen-bond donors (Lipinski definition) is 0. The van der Waals surface area contributed by atoms with E-state index in [4.69, 9.17) is 16.3 Å². The van der Waals surface area contributed by atoms with E-state index in [0.29, 0.717) is 13.2 Å². The van der Waals surface area contributed by atoms with Crippen LogP contribution in [0, 0.1) is 0 Å². The van der Waals surface area contributed by atoms with Crippen LogP contribution in [0.25, 0.3) is 0 Å². The number of aromatic nitrogens is 2. The van der Waals surface area contributed by atoms with Gasteiger partial charge in [0.05, 0.1) is 19.2 Å². The number of alkyl halides is 1. The number of nitrogens with zero attached hydrogens (tertiary/aromatic N) is 4. The number of aldehydes is 1. The van der Waals surface area contributed by atoms with Crippen LogP contribution in [0.4, 0.5) is 11.6 Å². The highest BCUT2D eigenvalue weighted by molar-refractivity contribution is 6.20. The Labute approximate surface area is 129 Å². The number of carbonyl (C=O) groups is 1. The molecule has 1 aromatic heterocycles. The third-order valence-electron chi connectivity index (χ3n) is 3.99. The molecule has 6 nitrogen and oxygen atoms in total. The minimum atomic E-state index is -0.310. The summed E-state index contributed by atoms with van der Waals surface area (Å²) in [6.45, 7) is 2.82. The van der Waals surface area contributed by atoms with Crippen LogP contribution in [0.15, 0.2) is 12.4 Å². The van der Waals surface area contributed by atoms with Crippen LogP contribution >= 0.6 is 11.6 Å². The van der Waals surface area contributed by atoms with E-state index in [2.05, 4.69) is 19.8 Å². The summed E-state index contributed by atoms with van der Waals surface area (Å²) in [7, 11) is 0. The highest BCUT2D eigenvalue weighted by Crippen LogP contribution is 2.25. The summed E-state index contributed by atoms with van der Waals surface area (Å²) in [6.07, 6.45) is 5.65. The maximum absolute atomic E-state index is 11.2. The van der Waals surface area contributed by atoms with Crippen molar-refractivity contribution in [1.82, 2.24) is 9.97 Å². The number of carbonyl (C=O) groups excluding carboxylic acids is 1. The largest absolute Gasteiger partial charge is 0.359 e. The molecule has 7 heteroatoms. The predicted octanol–water partition coefficient (Wildman–Crippen LogP) is 1.44. The summed E-state index contributed by atoms with van der Waals surface area (Å²) in [5.41, 5.74) is -0.310. The van der Waals surface area contributed by atoms with E-state index in [-0.39, 0.29) is 11.6 Å². The van der Waals surface area contributed by atoms with E-state index in [1.807, 2.05) is 6.07 Å². The van der Waals surface area contributed by atoms with Crippen molar-refractivity contribution in [1.29, 1.82) is 0 Å². The van der Waals surface area contributed by atoms with Gasteiger partial charge in [-0.2, -0.15) is 0 Å². The van der Waals surface area contributed by atoms with Crippen LogP contribution in [0.1, 0.15) is 19.3 Å². The molecule has 0 saturated carbocycles. The highest BCUT2D eigenvalue weighted by Gasteiger charge is 2.25. The van der Waals surface area contributed by atoms with Gasteiger partial charge in [-0.05, 0) is 19.3 Å². The molecular formula is C14H19ClN4O2. The third-order valence-corrected chi connectivity index (χ3v) is 4.25. The topological polar surface area (TPSA) is 58.6 Å². The molecule has 0 radical (unpaired) electrons. The van der Waals surface area contributed by atoms with Crippen molar-refractivity contribution in [3.63, 3.8) is 0 Å². The minimum Gasteiger partial charge on any atom is -0.359 e. The summed E-state index contributed by atoms with van der Waals surface area (Å²) in [5, 5.41) is 0. The molecule has 0 N–H and O–H groups in total. The number of morpholine rings is 1. The Hall–Kier alpha value is -1.40. The lowest BCUT2D eigenvalue weighted by Gasteiger charge is -2.34. The van der Waals surface area contributed by atoms with E-state index in [1.54, 1.807) is 6.33 Å². The molecule has 2 aliphatic heterocycles. The Morgan fingerprint density at radius 1 is 1.29 bits per heavy atom. The number of anilines is 2. The predicted molar refractivity (Wildman–Crippen MR) is 80.9 cm³/mol. The summed E-state index contributed by atoms with van der Waals surface area (Å²) in [4.78, 5) is 24.1. The van der Waals surface area contributed by atoms with E-state index in [9.17, 15) is 4.79 Å². The molecule has 2 saturated heterocycles. The van der Waals surface area contributed by atoms with Crippen LogP contribution < -0.4 is 9.80 Å². The monoisotopic (exact) mass is 310 g/mol. The molecule has 114 valence electrons. The smallest absolute Gasteiger partial charge is 0.148 e. The quantitative estimate of drug-likeness (QED) is 0.622. The average molecular weight is 311 g/mol. The van der Waals surface area contributed by atoms with Gasteiger partial charge in [0.15, 0.2) is 0 Å². The van der Waals surface area contributed by atoms with Gasteiger partial charge in [0.1, 0.15) is 29.8 Å². The van der Waals surface area contributed by atoms with Gasteiger partial charge in [0.2, 0.25) is 0 Å². The van der Waals surface area contributed by atoms with Crippen molar-refractivity contribution in [2.45, 2.75) is 30.9 Å². The first-order chi connectivity index (χ1) is 10.3. The molecule has 0 aliphatic carbocycles. The molecule has 2 atom stereocenters. The normalized spacial score (nSPS) is 26.7. The SMILES string of the molecule is O=CC1CCCCN1c1cc(N2CCOC(Cl)C2)ncn1. The lowest BCUT2D eigenvalue weighted by Crippen LogP contribution is -2.42. The van der Waals surface area contributed by atoms with E-state index < -0.39 is 0 Å². The molecule has 0 aromatic carbocycles. The van der Waals surface area contributed by atoms with Gasteiger partial charge in [-0.1, -0.05) is 11.6 Å². The molecule has 2 unspecified atom stereocenters. The fourth-order valence-electron chi connectivity index (χ4n) is 2.87. The van der Waals surface area contributed by atoms with Crippen molar-refractivity contribution >= 4 is 29.5 Å². The van der Waals surface area contributed by atoms with Crippen molar-refractivity contribution in [2.75, 3.05) is 36.0 Å². The number of ether oxygens (including phenoxy) is 1. The van der Waals surface area contributed by atoms with E-state index in [1.165, 1.54) is 0 Å². The van der Waals surface area contributed by atoms with Crippen molar-refractivity contribution in [2.24, 2.45) is 0 Å². The van der Waals surface area contributed by atoms with Gasteiger partial charge >= 0.3 is 0 Å². The summed E-state index contributed by atoms with van der Waals surface area (Å²) in [6, 6.07) is 1.86. The van der Waals surface area contributed by atoms with Crippen LogP contribution in [-0.4, -0.2) is 54.1 Å². The molecule has 1 aromatic rings. The molecule has 3 heterocycles. The van der Waals surface area contributed by atoms with Crippen molar-refractivity contribution < 1.29 is 9.53 Å². The fourth-order valence-corrected chi connectivity index (χ4v) is 3.12. The van der Waals surface area contributed by atoms with Crippen LogP contribution in [0.2, 0.25) is 0 Å². The second-order valence-corrected chi connectivity index (χ2v) is 5.84. The number of halogens is 1. The molecule has 0 amide bonds. The molecule has 21 heavy (non-hydrogen) atoms. The van der Waals surface area contributed by atoms with Gasteiger partial charge in [-0.25, -0.2) is 9.97 Å². The van der Waals surface area contributed by atoms with Crippen molar-refractivity contribution in [3.05, 3.63) is 12.4 Å². The van der Waals surface area contributed by atoms with Gasteiger partial charge in [-0.15, -0.1) is 0 Å². The summed E-state index contributed by atoms with van der Waals surface area (Å²) in [5.74, 6) is 1.65. The number of piperidine rings is 1. The van der Waals surface area contributed by atoms with Gasteiger partial charge in [0.25, 0.3) is 0 Å². The molecule has 2 fully saturated rings. The Kier molecular flexibility index (Phi) is 4.55. The Balaban J connectivity index is 1.80. The summed E-state index contributed by atoms with van der Waals surface area (Å²) < 4.78 is 5.33. The highest BCUT2D eigenvalue weighted by atomic mass is 35.5. The van der Waals surface area contributed by atoms with E-state index in [0.717, 1.165) is 50.3 Å².